The zero-order valence-electron chi connectivity index (χ0n) is 21.2. The number of carbonyl (C=O) groups is 2. The van der Waals surface area contributed by atoms with Gasteiger partial charge in [-0.15, -0.1) is 0 Å². The summed E-state index contributed by atoms with van der Waals surface area (Å²) < 4.78 is 12.1. The van der Waals surface area contributed by atoms with E-state index in [1.54, 1.807) is 12.1 Å². The van der Waals surface area contributed by atoms with Crippen molar-refractivity contribution < 1.29 is 19.1 Å². The van der Waals surface area contributed by atoms with Gasteiger partial charge in [0.2, 0.25) is 0 Å². The Labute approximate surface area is 228 Å². The van der Waals surface area contributed by atoms with Crippen molar-refractivity contribution in [1.29, 1.82) is 0 Å². The van der Waals surface area contributed by atoms with E-state index >= 15 is 0 Å². The molecule has 0 aromatic heterocycles. The minimum Gasteiger partial charge on any atom is -0.490 e. The summed E-state index contributed by atoms with van der Waals surface area (Å²) in [5.74, 6) is 1.11. The van der Waals surface area contributed by atoms with Crippen LogP contribution in [0.1, 0.15) is 69.4 Å². The molecule has 0 atom stereocenters. The molecule has 37 heavy (non-hydrogen) atoms. The molecule has 0 bridgehead atoms. The molecule has 0 N–H and O–H groups in total. The van der Waals surface area contributed by atoms with Gasteiger partial charge in [0.15, 0.2) is 23.1 Å². The lowest BCUT2D eigenvalue weighted by atomic mass is 9.71. The highest BCUT2D eigenvalue weighted by molar-refractivity contribution is 6.42. The number of rotatable bonds is 7. The molecule has 0 saturated carbocycles. The van der Waals surface area contributed by atoms with Crippen molar-refractivity contribution in [2.75, 3.05) is 13.2 Å². The summed E-state index contributed by atoms with van der Waals surface area (Å²) in [5.41, 5.74) is 5.54. The lowest BCUT2D eigenvalue weighted by Gasteiger charge is -2.43. The fraction of sp³-hybridized carbons (Fsp3) is 0.400. The monoisotopic (exact) mass is 539 g/mol. The van der Waals surface area contributed by atoms with Crippen LogP contribution < -0.4 is 9.47 Å². The van der Waals surface area contributed by atoms with Gasteiger partial charge in [-0.1, -0.05) is 35.3 Å². The second-order valence-electron chi connectivity index (χ2n) is 9.63. The third kappa shape index (κ3) is 4.92. The van der Waals surface area contributed by atoms with Crippen molar-refractivity contribution >= 4 is 34.8 Å². The fourth-order valence-electron chi connectivity index (χ4n) is 5.81. The van der Waals surface area contributed by atoms with Crippen molar-refractivity contribution in [3.05, 3.63) is 80.1 Å². The number of benzene rings is 2. The number of halogens is 2. The molecule has 0 fully saturated rings. The van der Waals surface area contributed by atoms with E-state index in [1.807, 2.05) is 31.2 Å². The molecule has 5 nitrogen and oxygen atoms in total. The maximum absolute atomic E-state index is 13.3. The first kappa shape index (κ1) is 25.9. The van der Waals surface area contributed by atoms with Crippen LogP contribution in [0, 0.1) is 0 Å². The van der Waals surface area contributed by atoms with Gasteiger partial charge in [-0.2, -0.15) is 0 Å². The zero-order valence-corrected chi connectivity index (χ0v) is 22.8. The summed E-state index contributed by atoms with van der Waals surface area (Å²) >= 11 is 12.2. The maximum Gasteiger partial charge on any atom is 0.161 e. The lowest BCUT2D eigenvalue weighted by Crippen LogP contribution is -2.39. The second-order valence-corrected chi connectivity index (χ2v) is 10.4. The molecule has 0 unspecified atom stereocenters. The van der Waals surface area contributed by atoms with Crippen LogP contribution in [0.4, 0.5) is 0 Å². The van der Waals surface area contributed by atoms with Gasteiger partial charge >= 0.3 is 0 Å². The average molecular weight is 540 g/mol. The molecular formula is C30H31Cl2NO4. The van der Waals surface area contributed by atoms with Gasteiger partial charge in [0.25, 0.3) is 0 Å². The highest BCUT2D eigenvalue weighted by Gasteiger charge is 2.43. The molecule has 2 aromatic carbocycles. The molecule has 194 valence electrons. The normalized spacial score (nSPS) is 18.2. The van der Waals surface area contributed by atoms with Crippen molar-refractivity contribution in [3.8, 4) is 11.5 Å². The van der Waals surface area contributed by atoms with Crippen molar-refractivity contribution in [2.45, 2.75) is 64.9 Å². The van der Waals surface area contributed by atoms with Gasteiger partial charge in [0.05, 0.1) is 16.7 Å². The number of carbonyl (C=O) groups excluding carboxylic acids is 2. The van der Waals surface area contributed by atoms with E-state index in [4.69, 9.17) is 32.7 Å². The summed E-state index contributed by atoms with van der Waals surface area (Å²) in [6.45, 7) is 5.54. The second kappa shape index (κ2) is 10.9. The molecule has 1 heterocycles. The van der Waals surface area contributed by atoms with E-state index < -0.39 is 0 Å². The number of ketones is 2. The van der Waals surface area contributed by atoms with E-state index in [1.165, 1.54) is 0 Å². The number of allylic oxidation sites excluding steroid dienone is 4. The van der Waals surface area contributed by atoms with E-state index in [9.17, 15) is 9.59 Å². The van der Waals surface area contributed by atoms with Gasteiger partial charge in [-0.3, -0.25) is 9.59 Å². The summed E-state index contributed by atoms with van der Waals surface area (Å²) in [7, 11) is 0. The van der Waals surface area contributed by atoms with Gasteiger partial charge in [0, 0.05) is 47.8 Å². The van der Waals surface area contributed by atoms with E-state index in [-0.39, 0.29) is 17.5 Å². The first-order valence-electron chi connectivity index (χ1n) is 13.1. The third-order valence-corrected chi connectivity index (χ3v) is 8.12. The van der Waals surface area contributed by atoms with Crippen LogP contribution in [-0.4, -0.2) is 29.6 Å². The Hall–Kier alpha value is -2.76. The highest BCUT2D eigenvalue weighted by atomic mass is 35.5. The number of hydrogen-bond acceptors (Lipinski definition) is 5. The number of Topliss-reactive ketones (excluding diaryl/α,β-unsaturated/α-hetero) is 2. The molecule has 7 heteroatoms. The van der Waals surface area contributed by atoms with E-state index in [2.05, 4.69) is 11.8 Å². The number of hydrogen-bond donors (Lipinski definition) is 0. The Kier molecular flexibility index (Phi) is 7.64. The minimum atomic E-state index is -0.364. The van der Waals surface area contributed by atoms with Crippen LogP contribution in [0.3, 0.4) is 0 Å². The van der Waals surface area contributed by atoms with Crippen molar-refractivity contribution in [3.63, 3.8) is 0 Å². The largest absolute Gasteiger partial charge is 0.490 e. The SMILES string of the molecule is CCOc1cc(C2C3=C(CCCC3=O)N(CC)C3=C2C(=O)CCC3)ccc1OCc1ccc(Cl)c(Cl)c1. The Morgan fingerprint density at radius 1 is 0.811 bits per heavy atom. The first-order chi connectivity index (χ1) is 17.9. The predicted molar refractivity (Wildman–Crippen MR) is 145 cm³/mol. The van der Waals surface area contributed by atoms with Gasteiger partial charge in [-0.25, -0.2) is 0 Å². The Bertz CT molecular complexity index is 1270. The highest BCUT2D eigenvalue weighted by Crippen LogP contribution is 2.50. The number of nitrogens with zero attached hydrogens (tertiary/aromatic N) is 1. The van der Waals surface area contributed by atoms with Crippen LogP contribution >= 0.6 is 23.2 Å². The molecule has 0 radical (unpaired) electrons. The van der Waals surface area contributed by atoms with Crippen molar-refractivity contribution in [2.24, 2.45) is 0 Å². The Balaban J connectivity index is 1.55. The number of ether oxygens (including phenoxy) is 2. The van der Waals surface area contributed by atoms with Crippen LogP contribution in [0.25, 0.3) is 0 Å². The molecule has 3 aliphatic rings. The van der Waals surface area contributed by atoms with E-state index in [0.717, 1.165) is 65.9 Å². The quantitative estimate of drug-likeness (QED) is 0.366. The summed E-state index contributed by atoms with van der Waals surface area (Å²) in [4.78, 5) is 28.9. The lowest BCUT2D eigenvalue weighted by molar-refractivity contribution is -0.117. The Morgan fingerprint density at radius 2 is 1.49 bits per heavy atom. The fourth-order valence-corrected chi connectivity index (χ4v) is 6.13. The van der Waals surface area contributed by atoms with Crippen LogP contribution in [-0.2, 0) is 16.2 Å². The summed E-state index contributed by atoms with van der Waals surface area (Å²) in [5, 5.41) is 0.972. The zero-order chi connectivity index (χ0) is 26.1. The molecule has 2 aromatic rings. The van der Waals surface area contributed by atoms with Gasteiger partial charge in [-0.05, 0) is 74.9 Å². The van der Waals surface area contributed by atoms with Crippen molar-refractivity contribution in [1.82, 2.24) is 4.90 Å². The molecule has 2 aliphatic carbocycles. The molecular weight excluding hydrogens is 509 g/mol. The van der Waals surface area contributed by atoms with Gasteiger partial charge in [0.1, 0.15) is 6.61 Å². The maximum atomic E-state index is 13.3. The molecule has 1 aliphatic heterocycles. The summed E-state index contributed by atoms with van der Waals surface area (Å²) in [6, 6.07) is 11.2. The standard InChI is InChI=1S/C30H31Cl2NO4/c1-3-33-22-7-5-9-24(34)29(22)28(30-23(33)8-6-10-25(30)35)19-12-14-26(27(16-19)36-4-2)37-17-18-11-13-20(31)21(32)15-18/h11-16,28H,3-10,17H2,1-2H3. The Morgan fingerprint density at radius 3 is 2.08 bits per heavy atom. The average Bonchev–Trinajstić information content (AvgIpc) is 2.89. The molecule has 0 spiro atoms. The van der Waals surface area contributed by atoms with E-state index in [0.29, 0.717) is 47.6 Å². The smallest absolute Gasteiger partial charge is 0.161 e. The molecule has 0 saturated heterocycles. The topological polar surface area (TPSA) is 55.8 Å². The molecule has 5 rings (SSSR count). The van der Waals surface area contributed by atoms with Gasteiger partial charge < -0.3 is 14.4 Å². The molecule has 0 amide bonds. The van der Waals surface area contributed by atoms with Crippen LogP contribution in [0.2, 0.25) is 10.0 Å². The first-order valence-corrected chi connectivity index (χ1v) is 13.8. The predicted octanol–water partition coefficient (Wildman–Crippen LogP) is 7.40. The minimum absolute atomic E-state index is 0.146. The van der Waals surface area contributed by atoms with Crippen LogP contribution in [0.15, 0.2) is 58.9 Å². The van der Waals surface area contributed by atoms with Crippen LogP contribution in [0.5, 0.6) is 11.5 Å². The summed E-state index contributed by atoms with van der Waals surface area (Å²) in [6.07, 6.45) is 4.46. The third-order valence-electron chi connectivity index (χ3n) is 7.38.